The fourth-order valence-corrected chi connectivity index (χ4v) is 3.23. The van der Waals surface area contributed by atoms with Gasteiger partial charge in [-0.3, -0.25) is 19.5 Å². The summed E-state index contributed by atoms with van der Waals surface area (Å²) in [6.07, 6.45) is 2.96. The molecule has 0 unspecified atom stereocenters. The largest absolute Gasteiger partial charge is 0.482 e. The molecule has 1 N–H and O–H groups in total. The maximum absolute atomic E-state index is 12.6. The molecule has 1 aliphatic rings. The Hall–Kier alpha value is -3.68. The third-order valence-electron chi connectivity index (χ3n) is 5.00. The van der Waals surface area contributed by atoms with E-state index < -0.39 is 0 Å². The normalized spacial score (nSPS) is 13.5. The number of carbonyl (C=O) groups excluding carboxylic acids is 2. The van der Waals surface area contributed by atoms with Crippen LogP contribution < -0.4 is 15.0 Å². The molecule has 1 aromatic carbocycles. The number of hydrogen-bond acceptors (Lipinski definition) is 6. The van der Waals surface area contributed by atoms with Gasteiger partial charge in [0.25, 0.3) is 11.8 Å². The summed E-state index contributed by atoms with van der Waals surface area (Å²) in [6.45, 7) is 6.65. The van der Waals surface area contributed by atoms with E-state index in [-0.39, 0.29) is 48.5 Å². The van der Waals surface area contributed by atoms with Crippen molar-refractivity contribution in [3.63, 3.8) is 0 Å². The Morgan fingerprint density at radius 2 is 2.06 bits per heavy atom. The first-order chi connectivity index (χ1) is 14.8. The number of nitrogens with one attached hydrogen (secondary N) is 1. The van der Waals surface area contributed by atoms with Gasteiger partial charge >= 0.3 is 0 Å². The first kappa shape index (κ1) is 20.6. The van der Waals surface area contributed by atoms with Crippen LogP contribution in [0.15, 0.2) is 53.3 Å². The van der Waals surface area contributed by atoms with Gasteiger partial charge in [0, 0.05) is 6.20 Å². The number of anilines is 1. The van der Waals surface area contributed by atoms with Crippen molar-refractivity contribution >= 4 is 17.5 Å². The number of oxazole rings is 1. The van der Waals surface area contributed by atoms with Gasteiger partial charge in [0.15, 0.2) is 12.3 Å². The highest BCUT2D eigenvalue weighted by atomic mass is 16.5. The topological polar surface area (TPSA) is 97.6 Å². The lowest BCUT2D eigenvalue weighted by Crippen LogP contribution is -2.38. The van der Waals surface area contributed by atoms with Crippen LogP contribution >= 0.6 is 0 Å². The monoisotopic (exact) mass is 420 g/mol. The van der Waals surface area contributed by atoms with E-state index in [0.717, 1.165) is 11.3 Å². The van der Waals surface area contributed by atoms with Gasteiger partial charge in [-0.15, -0.1) is 0 Å². The minimum Gasteiger partial charge on any atom is -0.482 e. The fourth-order valence-electron chi connectivity index (χ4n) is 3.23. The lowest BCUT2D eigenvalue weighted by Gasteiger charge is -2.30. The molecule has 0 saturated heterocycles. The van der Waals surface area contributed by atoms with Crippen molar-refractivity contribution in [1.82, 2.24) is 15.3 Å². The Labute approximate surface area is 180 Å². The summed E-state index contributed by atoms with van der Waals surface area (Å²) in [7, 11) is 0. The van der Waals surface area contributed by atoms with E-state index in [1.54, 1.807) is 11.1 Å². The number of carbonyl (C=O) groups is 2. The summed E-state index contributed by atoms with van der Waals surface area (Å²) >= 11 is 0. The molecule has 3 heterocycles. The molecule has 3 aromatic rings. The molecule has 0 atom stereocenters. The second-order valence-corrected chi connectivity index (χ2v) is 8.33. The number of fused-ring (bicyclic) bond motifs is 1. The van der Waals surface area contributed by atoms with Crippen LogP contribution in [-0.4, -0.2) is 28.4 Å². The van der Waals surface area contributed by atoms with Crippen LogP contribution in [-0.2, 0) is 23.3 Å². The molecule has 160 valence electrons. The minimum atomic E-state index is -0.371. The highest BCUT2D eigenvalue weighted by molar-refractivity contribution is 5.98. The van der Waals surface area contributed by atoms with E-state index in [9.17, 15) is 9.59 Å². The van der Waals surface area contributed by atoms with Crippen molar-refractivity contribution in [2.24, 2.45) is 0 Å². The highest BCUT2D eigenvalue weighted by Crippen LogP contribution is 2.37. The predicted molar refractivity (Wildman–Crippen MR) is 114 cm³/mol. The van der Waals surface area contributed by atoms with Gasteiger partial charge in [-0.1, -0.05) is 32.9 Å². The third kappa shape index (κ3) is 4.58. The Balaban J connectivity index is 1.49. The smallest absolute Gasteiger partial charge is 0.273 e. The summed E-state index contributed by atoms with van der Waals surface area (Å²) in [5, 5.41) is 2.76. The van der Waals surface area contributed by atoms with Crippen molar-refractivity contribution in [1.29, 1.82) is 0 Å². The van der Waals surface area contributed by atoms with Gasteiger partial charge in [0.1, 0.15) is 18.6 Å². The van der Waals surface area contributed by atoms with Crippen LogP contribution in [0.4, 0.5) is 5.69 Å². The molecule has 8 heteroatoms. The number of amides is 2. The number of aromatic nitrogens is 2. The summed E-state index contributed by atoms with van der Waals surface area (Å²) in [4.78, 5) is 35.0. The van der Waals surface area contributed by atoms with E-state index in [1.807, 2.05) is 36.4 Å². The second kappa shape index (κ2) is 8.22. The van der Waals surface area contributed by atoms with Gasteiger partial charge in [0.05, 0.1) is 17.9 Å². The maximum atomic E-state index is 12.6. The second-order valence-electron chi connectivity index (χ2n) is 8.33. The van der Waals surface area contributed by atoms with Gasteiger partial charge in [0.2, 0.25) is 5.89 Å². The molecule has 31 heavy (non-hydrogen) atoms. The number of benzene rings is 1. The predicted octanol–water partition coefficient (Wildman–Crippen LogP) is 3.22. The van der Waals surface area contributed by atoms with E-state index in [2.05, 4.69) is 36.1 Å². The van der Waals surface area contributed by atoms with Crippen LogP contribution in [0.3, 0.4) is 0 Å². The van der Waals surface area contributed by atoms with Crippen LogP contribution in [0.25, 0.3) is 0 Å². The molecule has 0 spiro atoms. The van der Waals surface area contributed by atoms with Gasteiger partial charge in [-0.25, -0.2) is 4.98 Å². The Morgan fingerprint density at radius 3 is 2.81 bits per heavy atom. The number of rotatable bonds is 5. The molecule has 0 aliphatic carbocycles. The first-order valence-corrected chi connectivity index (χ1v) is 10.0. The average molecular weight is 420 g/mol. The summed E-state index contributed by atoms with van der Waals surface area (Å²) in [5.41, 5.74) is 2.56. The summed E-state index contributed by atoms with van der Waals surface area (Å²) in [5.74, 6) is 0.333. The Morgan fingerprint density at radius 1 is 1.23 bits per heavy atom. The molecular formula is C23H24N4O4. The van der Waals surface area contributed by atoms with Crippen molar-refractivity contribution < 1.29 is 18.7 Å². The first-order valence-electron chi connectivity index (χ1n) is 10.0. The lowest BCUT2D eigenvalue weighted by atomic mass is 9.86. The van der Waals surface area contributed by atoms with E-state index >= 15 is 0 Å². The van der Waals surface area contributed by atoms with E-state index in [1.165, 1.54) is 6.26 Å². The quantitative estimate of drug-likeness (QED) is 0.681. The summed E-state index contributed by atoms with van der Waals surface area (Å²) in [6, 6.07) is 11.3. The van der Waals surface area contributed by atoms with Gasteiger partial charge in [-0.2, -0.15) is 0 Å². The Kier molecular flexibility index (Phi) is 5.46. The van der Waals surface area contributed by atoms with Crippen molar-refractivity contribution in [2.45, 2.75) is 39.3 Å². The third-order valence-corrected chi connectivity index (χ3v) is 5.00. The number of pyridine rings is 1. The van der Waals surface area contributed by atoms with Crippen LogP contribution in [0.1, 0.15) is 48.4 Å². The standard InChI is InChI=1S/C23H24N4O4/c1-23(2,3)15-7-8-19-18(10-15)27(21(28)14-30-19)12-20-26-17(13-31-20)22(29)25-11-16-6-4-5-9-24-16/h4-10,13H,11-12,14H2,1-3H3,(H,25,29). The SMILES string of the molecule is CC(C)(C)c1ccc2c(c1)N(Cc1nc(C(=O)NCc3ccccn3)co1)C(=O)CO2. The van der Waals surface area contributed by atoms with E-state index in [0.29, 0.717) is 11.4 Å². The summed E-state index contributed by atoms with van der Waals surface area (Å²) < 4.78 is 11.1. The van der Waals surface area contributed by atoms with Crippen molar-refractivity contribution in [2.75, 3.05) is 11.5 Å². The van der Waals surface area contributed by atoms with Gasteiger partial charge in [-0.05, 0) is 35.2 Å². The molecule has 0 bridgehead atoms. The molecule has 0 radical (unpaired) electrons. The molecule has 8 nitrogen and oxygen atoms in total. The fraction of sp³-hybridized carbons (Fsp3) is 0.304. The van der Waals surface area contributed by atoms with Crippen molar-refractivity contribution in [3.05, 3.63) is 71.7 Å². The lowest BCUT2D eigenvalue weighted by molar-refractivity contribution is -0.121. The van der Waals surface area contributed by atoms with Crippen LogP contribution in [0.2, 0.25) is 0 Å². The molecule has 2 amide bonds. The number of nitrogens with zero attached hydrogens (tertiary/aromatic N) is 3. The number of ether oxygens (including phenoxy) is 1. The van der Waals surface area contributed by atoms with E-state index in [4.69, 9.17) is 9.15 Å². The zero-order chi connectivity index (χ0) is 22.0. The molecule has 0 saturated carbocycles. The number of hydrogen-bond donors (Lipinski definition) is 1. The molecular weight excluding hydrogens is 396 g/mol. The van der Waals surface area contributed by atoms with Crippen LogP contribution in [0, 0.1) is 0 Å². The Bertz CT molecular complexity index is 1100. The maximum Gasteiger partial charge on any atom is 0.273 e. The van der Waals surface area contributed by atoms with Crippen molar-refractivity contribution in [3.8, 4) is 5.75 Å². The molecule has 2 aromatic heterocycles. The minimum absolute atomic E-state index is 0.0556. The molecule has 0 fully saturated rings. The highest BCUT2D eigenvalue weighted by Gasteiger charge is 2.29. The van der Waals surface area contributed by atoms with Crippen LogP contribution in [0.5, 0.6) is 5.75 Å². The zero-order valence-electron chi connectivity index (χ0n) is 17.7. The average Bonchev–Trinajstić information content (AvgIpc) is 3.22. The zero-order valence-corrected chi connectivity index (χ0v) is 17.7. The molecule has 1 aliphatic heterocycles. The van der Waals surface area contributed by atoms with Gasteiger partial charge < -0.3 is 14.5 Å². The molecule has 4 rings (SSSR count).